The van der Waals surface area contributed by atoms with E-state index in [2.05, 4.69) is 20.4 Å². The predicted molar refractivity (Wildman–Crippen MR) is 89.2 cm³/mol. The number of nitrogens with one attached hydrogen (secondary N) is 2. The molecule has 23 heavy (non-hydrogen) atoms. The number of para-hydroxylation sites is 2. The summed E-state index contributed by atoms with van der Waals surface area (Å²) in [7, 11) is 1.89. The van der Waals surface area contributed by atoms with Crippen LogP contribution in [0.5, 0.6) is 0 Å². The van der Waals surface area contributed by atoms with E-state index in [0.717, 1.165) is 33.8 Å². The second-order valence-electron chi connectivity index (χ2n) is 5.75. The van der Waals surface area contributed by atoms with Crippen LogP contribution in [0.3, 0.4) is 0 Å². The molecular formula is C17H21N5O. The van der Waals surface area contributed by atoms with Gasteiger partial charge in [-0.2, -0.15) is 5.10 Å². The lowest BCUT2D eigenvalue weighted by molar-refractivity contribution is -0.120. The Hall–Kier alpha value is -2.63. The summed E-state index contributed by atoms with van der Waals surface area (Å²) in [5.74, 6) is 0.903. The standard InChI is InChI=1S/C17H21N5O/c1-11-13(12(2)22(3)21-11)10-17(23)18-9-8-16-19-14-6-4-5-7-15(14)20-16/h4-7H,8-10H2,1-3H3,(H,18,23)(H,19,20). The quantitative estimate of drug-likeness (QED) is 0.754. The number of benzene rings is 1. The highest BCUT2D eigenvalue weighted by Crippen LogP contribution is 2.12. The van der Waals surface area contributed by atoms with Crippen LogP contribution in [0, 0.1) is 13.8 Å². The summed E-state index contributed by atoms with van der Waals surface area (Å²) in [4.78, 5) is 19.9. The number of imidazole rings is 1. The minimum Gasteiger partial charge on any atom is -0.355 e. The lowest BCUT2D eigenvalue weighted by Crippen LogP contribution is -2.27. The van der Waals surface area contributed by atoms with Crippen LogP contribution in [0.2, 0.25) is 0 Å². The molecule has 0 fully saturated rings. The summed E-state index contributed by atoms with van der Waals surface area (Å²) < 4.78 is 1.81. The number of fused-ring (bicyclic) bond motifs is 1. The fraction of sp³-hybridized carbons (Fsp3) is 0.353. The minimum absolute atomic E-state index is 0.0142. The van der Waals surface area contributed by atoms with Crippen LogP contribution in [0.15, 0.2) is 24.3 Å². The van der Waals surface area contributed by atoms with E-state index < -0.39 is 0 Å². The molecule has 1 aromatic carbocycles. The van der Waals surface area contributed by atoms with Crippen molar-refractivity contribution in [3.05, 3.63) is 47.0 Å². The lowest BCUT2D eigenvalue weighted by atomic mass is 10.1. The highest BCUT2D eigenvalue weighted by molar-refractivity contribution is 5.79. The second-order valence-corrected chi connectivity index (χ2v) is 5.75. The molecule has 0 aliphatic heterocycles. The molecule has 2 N–H and O–H groups in total. The first-order chi connectivity index (χ1) is 11.0. The Bertz CT molecular complexity index is 813. The number of hydrogen-bond acceptors (Lipinski definition) is 3. The SMILES string of the molecule is Cc1nn(C)c(C)c1CC(=O)NCCc1nc2ccccc2[nH]1. The molecule has 0 radical (unpaired) electrons. The van der Waals surface area contributed by atoms with E-state index in [-0.39, 0.29) is 5.91 Å². The number of amides is 1. The minimum atomic E-state index is 0.0142. The Balaban J connectivity index is 1.55. The molecule has 0 unspecified atom stereocenters. The van der Waals surface area contributed by atoms with Crippen LogP contribution in [-0.2, 0) is 24.7 Å². The van der Waals surface area contributed by atoms with Crippen molar-refractivity contribution in [2.75, 3.05) is 6.54 Å². The molecule has 120 valence electrons. The van der Waals surface area contributed by atoms with Crippen LogP contribution in [-0.4, -0.2) is 32.2 Å². The van der Waals surface area contributed by atoms with Crippen LogP contribution < -0.4 is 5.32 Å². The summed E-state index contributed by atoms with van der Waals surface area (Å²) in [6, 6.07) is 7.91. The first kappa shape index (κ1) is 15.3. The average molecular weight is 311 g/mol. The van der Waals surface area contributed by atoms with Crippen molar-refractivity contribution in [2.24, 2.45) is 7.05 Å². The third-order valence-corrected chi connectivity index (χ3v) is 4.12. The van der Waals surface area contributed by atoms with Gasteiger partial charge in [-0.15, -0.1) is 0 Å². The van der Waals surface area contributed by atoms with E-state index >= 15 is 0 Å². The zero-order chi connectivity index (χ0) is 16.4. The van der Waals surface area contributed by atoms with Crippen molar-refractivity contribution < 1.29 is 4.79 Å². The highest BCUT2D eigenvalue weighted by atomic mass is 16.1. The highest BCUT2D eigenvalue weighted by Gasteiger charge is 2.13. The van der Waals surface area contributed by atoms with Gasteiger partial charge in [0.1, 0.15) is 5.82 Å². The van der Waals surface area contributed by atoms with Gasteiger partial charge >= 0.3 is 0 Å². The molecule has 0 bridgehead atoms. The van der Waals surface area contributed by atoms with Crippen molar-refractivity contribution in [1.29, 1.82) is 0 Å². The van der Waals surface area contributed by atoms with E-state index in [0.29, 0.717) is 19.4 Å². The lowest BCUT2D eigenvalue weighted by Gasteiger charge is -2.04. The molecule has 0 saturated carbocycles. The summed E-state index contributed by atoms with van der Waals surface area (Å²) in [6.07, 6.45) is 1.05. The molecule has 2 aromatic heterocycles. The number of nitrogens with zero attached hydrogens (tertiary/aromatic N) is 3. The van der Waals surface area contributed by atoms with Gasteiger partial charge in [-0.1, -0.05) is 12.1 Å². The monoisotopic (exact) mass is 311 g/mol. The maximum atomic E-state index is 12.1. The summed E-state index contributed by atoms with van der Waals surface area (Å²) in [5.41, 5.74) is 4.94. The van der Waals surface area contributed by atoms with E-state index in [9.17, 15) is 4.79 Å². The summed E-state index contributed by atoms with van der Waals surface area (Å²) in [5, 5.41) is 7.29. The Morgan fingerprint density at radius 1 is 1.30 bits per heavy atom. The zero-order valence-electron chi connectivity index (χ0n) is 13.7. The smallest absolute Gasteiger partial charge is 0.224 e. The molecule has 0 aliphatic rings. The molecule has 0 spiro atoms. The first-order valence-electron chi connectivity index (χ1n) is 7.74. The second kappa shape index (κ2) is 6.24. The fourth-order valence-electron chi connectivity index (χ4n) is 2.74. The Morgan fingerprint density at radius 2 is 2.09 bits per heavy atom. The van der Waals surface area contributed by atoms with Gasteiger partial charge in [-0.25, -0.2) is 4.98 Å². The van der Waals surface area contributed by atoms with Crippen molar-refractivity contribution in [3.63, 3.8) is 0 Å². The number of carbonyl (C=O) groups is 1. The first-order valence-corrected chi connectivity index (χ1v) is 7.74. The van der Waals surface area contributed by atoms with Crippen molar-refractivity contribution in [1.82, 2.24) is 25.1 Å². The number of carbonyl (C=O) groups excluding carboxylic acids is 1. The molecule has 0 atom stereocenters. The van der Waals surface area contributed by atoms with Crippen LogP contribution in [0.4, 0.5) is 0 Å². The van der Waals surface area contributed by atoms with E-state index in [1.54, 1.807) is 0 Å². The van der Waals surface area contributed by atoms with Crippen LogP contribution in [0.25, 0.3) is 11.0 Å². The van der Waals surface area contributed by atoms with Gasteiger partial charge in [0.05, 0.1) is 23.1 Å². The van der Waals surface area contributed by atoms with Crippen molar-refractivity contribution in [3.8, 4) is 0 Å². The molecule has 6 nitrogen and oxygen atoms in total. The van der Waals surface area contributed by atoms with E-state index in [1.165, 1.54) is 0 Å². The van der Waals surface area contributed by atoms with Gasteiger partial charge in [0.15, 0.2) is 0 Å². The summed E-state index contributed by atoms with van der Waals surface area (Å²) in [6.45, 7) is 4.48. The van der Waals surface area contributed by atoms with Crippen LogP contribution in [0.1, 0.15) is 22.8 Å². The molecule has 6 heteroatoms. The van der Waals surface area contributed by atoms with Crippen molar-refractivity contribution in [2.45, 2.75) is 26.7 Å². The number of H-pyrrole nitrogens is 1. The van der Waals surface area contributed by atoms with Gasteiger partial charge in [0.25, 0.3) is 0 Å². The largest absolute Gasteiger partial charge is 0.355 e. The molecule has 2 heterocycles. The van der Waals surface area contributed by atoms with Crippen LogP contribution >= 0.6 is 0 Å². The molecule has 0 saturated heterocycles. The van der Waals surface area contributed by atoms with E-state index in [4.69, 9.17) is 0 Å². The normalized spacial score (nSPS) is 11.1. The summed E-state index contributed by atoms with van der Waals surface area (Å²) >= 11 is 0. The fourth-order valence-corrected chi connectivity index (χ4v) is 2.74. The maximum absolute atomic E-state index is 12.1. The Morgan fingerprint density at radius 3 is 2.78 bits per heavy atom. The third-order valence-electron chi connectivity index (χ3n) is 4.12. The van der Waals surface area contributed by atoms with Crippen molar-refractivity contribution >= 4 is 16.9 Å². The Labute approximate surface area is 134 Å². The maximum Gasteiger partial charge on any atom is 0.224 e. The molecule has 1 amide bonds. The third kappa shape index (κ3) is 3.26. The number of aromatic amines is 1. The zero-order valence-corrected chi connectivity index (χ0v) is 13.7. The topological polar surface area (TPSA) is 75.6 Å². The molecular weight excluding hydrogens is 290 g/mol. The number of hydrogen-bond donors (Lipinski definition) is 2. The van der Waals surface area contributed by atoms with Gasteiger partial charge < -0.3 is 10.3 Å². The number of aromatic nitrogens is 4. The number of rotatable bonds is 5. The predicted octanol–water partition coefficient (Wildman–Crippen LogP) is 1.81. The Kier molecular flexibility index (Phi) is 4.14. The molecule has 3 aromatic rings. The van der Waals surface area contributed by atoms with Gasteiger partial charge in [0.2, 0.25) is 5.91 Å². The van der Waals surface area contributed by atoms with Gasteiger partial charge in [-0.3, -0.25) is 9.48 Å². The molecule has 3 rings (SSSR count). The molecule has 0 aliphatic carbocycles. The van der Waals surface area contributed by atoms with Gasteiger partial charge in [0, 0.05) is 31.3 Å². The van der Waals surface area contributed by atoms with Gasteiger partial charge in [-0.05, 0) is 26.0 Å². The number of aryl methyl sites for hydroxylation is 2. The van der Waals surface area contributed by atoms with E-state index in [1.807, 2.05) is 49.8 Å². The average Bonchev–Trinajstić information content (AvgIpc) is 3.03.